The summed E-state index contributed by atoms with van der Waals surface area (Å²) in [6.45, 7) is 7.47. The Morgan fingerprint density at radius 3 is 2.76 bits per heavy atom. The molecule has 1 aromatic carbocycles. The van der Waals surface area contributed by atoms with Crippen LogP contribution in [0.25, 0.3) is 10.9 Å². The second kappa shape index (κ2) is 5.90. The molecule has 2 heterocycles. The predicted octanol–water partition coefficient (Wildman–Crippen LogP) is 2.83. The van der Waals surface area contributed by atoms with Crippen molar-refractivity contribution in [3.8, 4) is 5.75 Å². The summed E-state index contributed by atoms with van der Waals surface area (Å²) in [5.41, 5.74) is 2.88. The minimum Gasteiger partial charge on any atom is -0.494 e. The Morgan fingerprint density at radius 1 is 1.29 bits per heavy atom. The summed E-state index contributed by atoms with van der Waals surface area (Å²) in [6.07, 6.45) is 2.47. The van der Waals surface area contributed by atoms with E-state index in [0.29, 0.717) is 6.61 Å². The Kier molecular flexibility index (Phi) is 3.97. The van der Waals surface area contributed by atoms with Gasteiger partial charge in [0.15, 0.2) is 5.43 Å². The summed E-state index contributed by atoms with van der Waals surface area (Å²) in [6, 6.07) is 5.68. The number of fused-ring (bicyclic) bond motifs is 1. The molecule has 0 unspecified atom stereocenters. The predicted molar refractivity (Wildman–Crippen MR) is 85.0 cm³/mol. The highest BCUT2D eigenvalue weighted by Gasteiger charge is 2.16. The topological polar surface area (TPSA) is 45.3 Å². The lowest BCUT2D eigenvalue weighted by Gasteiger charge is -2.16. The number of H-pyrrole nitrogens is 1. The molecule has 4 heteroatoms. The van der Waals surface area contributed by atoms with E-state index in [1.807, 2.05) is 32.0 Å². The SMILES string of the molecule is CCOc1ccc2[nH]c(C)c(CN3CCCC3)c(=O)c2c1. The van der Waals surface area contributed by atoms with Gasteiger partial charge in [-0.2, -0.15) is 0 Å². The van der Waals surface area contributed by atoms with Gasteiger partial charge in [0.1, 0.15) is 5.75 Å². The number of aryl methyl sites for hydroxylation is 1. The van der Waals surface area contributed by atoms with Crippen LogP contribution < -0.4 is 10.2 Å². The molecule has 1 aliphatic rings. The van der Waals surface area contributed by atoms with Crippen molar-refractivity contribution in [1.82, 2.24) is 9.88 Å². The lowest BCUT2D eigenvalue weighted by molar-refractivity contribution is 0.329. The molecule has 0 amide bonds. The van der Waals surface area contributed by atoms with Gasteiger partial charge >= 0.3 is 0 Å². The number of nitrogens with one attached hydrogen (secondary N) is 1. The van der Waals surface area contributed by atoms with E-state index in [0.717, 1.165) is 47.5 Å². The first-order chi connectivity index (χ1) is 10.2. The summed E-state index contributed by atoms with van der Waals surface area (Å²) < 4.78 is 5.51. The molecule has 1 aliphatic heterocycles. The molecule has 0 aliphatic carbocycles. The van der Waals surface area contributed by atoms with Crippen molar-refractivity contribution >= 4 is 10.9 Å². The molecule has 2 aromatic rings. The van der Waals surface area contributed by atoms with Crippen LogP contribution in [0.1, 0.15) is 31.0 Å². The number of nitrogens with zero attached hydrogens (tertiary/aromatic N) is 1. The molecular weight excluding hydrogens is 264 g/mol. The number of likely N-dealkylation sites (tertiary alicyclic amines) is 1. The molecule has 0 atom stereocenters. The number of hydrogen-bond acceptors (Lipinski definition) is 3. The van der Waals surface area contributed by atoms with E-state index in [1.165, 1.54) is 12.8 Å². The molecule has 0 saturated carbocycles. The molecule has 1 fully saturated rings. The molecule has 1 saturated heterocycles. The minimum absolute atomic E-state index is 0.134. The van der Waals surface area contributed by atoms with E-state index in [1.54, 1.807) is 0 Å². The van der Waals surface area contributed by atoms with Crippen LogP contribution >= 0.6 is 0 Å². The van der Waals surface area contributed by atoms with Crippen molar-refractivity contribution in [3.63, 3.8) is 0 Å². The Hall–Kier alpha value is -1.81. The number of hydrogen-bond donors (Lipinski definition) is 1. The molecule has 4 nitrogen and oxygen atoms in total. The van der Waals surface area contributed by atoms with Gasteiger partial charge in [-0.05, 0) is 58.0 Å². The highest BCUT2D eigenvalue weighted by atomic mass is 16.5. The van der Waals surface area contributed by atoms with Gasteiger partial charge in [-0.1, -0.05) is 0 Å². The third-order valence-electron chi connectivity index (χ3n) is 4.18. The second-order valence-corrected chi connectivity index (χ2v) is 5.68. The average Bonchev–Trinajstić information content (AvgIpc) is 2.98. The Balaban J connectivity index is 2.04. The van der Waals surface area contributed by atoms with Crippen LogP contribution in [0, 0.1) is 6.92 Å². The Labute approximate surface area is 124 Å². The number of pyridine rings is 1. The summed E-state index contributed by atoms with van der Waals surface area (Å²) in [5, 5.41) is 0.723. The molecule has 0 bridgehead atoms. The fourth-order valence-electron chi connectivity index (χ4n) is 3.04. The maximum Gasteiger partial charge on any atom is 0.194 e. The van der Waals surface area contributed by atoms with Crippen LogP contribution in [0.15, 0.2) is 23.0 Å². The fraction of sp³-hybridized carbons (Fsp3) is 0.471. The minimum atomic E-state index is 0.134. The maximum absolute atomic E-state index is 12.8. The van der Waals surface area contributed by atoms with Gasteiger partial charge in [0.2, 0.25) is 0 Å². The van der Waals surface area contributed by atoms with Gasteiger partial charge in [0.25, 0.3) is 0 Å². The quantitative estimate of drug-likeness (QED) is 0.940. The summed E-state index contributed by atoms with van der Waals surface area (Å²) in [4.78, 5) is 18.5. The fourth-order valence-corrected chi connectivity index (χ4v) is 3.04. The second-order valence-electron chi connectivity index (χ2n) is 5.68. The van der Waals surface area contributed by atoms with Crippen LogP contribution in [0.5, 0.6) is 5.75 Å². The van der Waals surface area contributed by atoms with E-state index >= 15 is 0 Å². The first kappa shape index (κ1) is 14.1. The standard InChI is InChI=1S/C17H22N2O2/c1-3-21-13-6-7-16-14(10-13)17(20)15(12(2)18-16)11-19-8-4-5-9-19/h6-7,10H,3-5,8-9,11H2,1-2H3,(H,18,20). The molecule has 1 aromatic heterocycles. The number of benzene rings is 1. The summed E-state index contributed by atoms with van der Waals surface area (Å²) in [5.74, 6) is 0.756. The van der Waals surface area contributed by atoms with Gasteiger partial charge in [-0.3, -0.25) is 9.69 Å². The van der Waals surface area contributed by atoms with E-state index in [-0.39, 0.29) is 5.43 Å². The highest BCUT2D eigenvalue weighted by molar-refractivity contribution is 5.81. The van der Waals surface area contributed by atoms with Crippen molar-refractivity contribution in [1.29, 1.82) is 0 Å². The molecule has 21 heavy (non-hydrogen) atoms. The lowest BCUT2D eigenvalue weighted by atomic mass is 10.1. The number of rotatable bonds is 4. The van der Waals surface area contributed by atoms with E-state index < -0.39 is 0 Å². The van der Waals surface area contributed by atoms with Crippen LogP contribution in [0.2, 0.25) is 0 Å². The van der Waals surface area contributed by atoms with E-state index in [4.69, 9.17) is 4.74 Å². The van der Waals surface area contributed by atoms with Gasteiger partial charge in [-0.25, -0.2) is 0 Å². The molecule has 3 rings (SSSR count). The number of aromatic amines is 1. The van der Waals surface area contributed by atoms with Crippen molar-refractivity contribution < 1.29 is 4.74 Å². The zero-order valence-corrected chi connectivity index (χ0v) is 12.7. The van der Waals surface area contributed by atoms with E-state index in [9.17, 15) is 4.79 Å². The average molecular weight is 286 g/mol. The van der Waals surface area contributed by atoms with E-state index in [2.05, 4.69) is 9.88 Å². The monoisotopic (exact) mass is 286 g/mol. The van der Waals surface area contributed by atoms with Gasteiger partial charge in [-0.15, -0.1) is 0 Å². The maximum atomic E-state index is 12.8. The smallest absolute Gasteiger partial charge is 0.194 e. The molecule has 0 spiro atoms. The molecule has 0 radical (unpaired) electrons. The largest absolute Gasteiger partial charge is 0.494 e. The first-order valence-electron chi connectivity index (χ1n) is 7.69. The molecule has 1 N–H and O–H groups in total. The summed E-state index contributed by atoms with van der Waals surface area (Å²) in [7, 11) is 0. The van der Waals surface area contributed by atoms with Gasteiger partial charge < -0.3 is 9.72 Å². The zero-order valence-electron chi connectivity index (χ0n) is 12.7. The van der Waals surface area contributed by atoms with Crippen molar-refractivity contribution in [2.24, 2.45) is 0 Å². The molecule has 112 valence electrons. The third-order valence-corrected chi connectivity index (χ3v) is 4.18. The van der Waals surface area contributed by atoms with Crippen molar-refractivity contribution in [3.05, 3.63) is 39.7 Å². The first-order valence-corrected chi connectivity index (χ1v) is 7.69. The van der Waals surface area contributed by atoms with Crippen LogP contribution in [0.3, 0.4) is 0 Å². The van der Waals surface area contributed by atoms with Crippen molar-refractivity contribution in [2.75, 3.05) is 19.7 Å². The Morgan fingerprint density at radius 2 is 2.05 bits per heavy atom. The zero-order chi connectivity index (χ0) is 14.8. The summed E-state index contributed by atoms with van der Waals surface area (Å²) >= 11 is 0. The van der Waals surface area contributed by atoms with Crippen molar-refractivity contribution in [2.45, 2.75) is 33.2 Å². The Bertz CT molecular complexity index is 700. The molecular formula is C17H22N2O2. The van der Waals surface area contributed by atoms with Gasteiger partial charge in [0, 0.05) is 28.7 Å². The van der Waals surface area contributed by atoms with Crippen LogP contribution in [0.4, 0.5) is 0 Å². The number of aromatic nitrogens is 1. The number of ether oxygens (including phenoxy) is 1. The third kappa shape index (κ3) is 2.81. The lowest BCUT2D eigenvalue weighted by Crippen LogP contribution is -2.24. The van der Waals surface area contributed by atoms with Gasteiger partial charge in [0.05, 0.1) is 6.61 Å². The normalized spacial score (nSPS) is 15.7. The van der Waals surface area contributed by atoms with Crippen LogP contribution in [-0.4, -0.2) is 29.6 Å². The highest BCUT2D eigenvalue weighted by Crippen LogP contribution is 2.20. The van der Waals surface area contributed by atoms with Crippen LogP contribution in [-0.2, 0) is 6.54 Å².